The minimum atomic E-state index is -3.48. The molecule has 0 atom stereocenters. The third-order valence-electron chi connectivity index (χ3n) is 3.20. The van der Waals surface area contributed by atoms with Crippen molar-refractivity contribution in [3.8, 4) is 6.07 Å². The van der Waals surface area contributed by atoms with E-state index in [0.717, 1.165) is 24.2 Å². The van der Waals surface area contributed by atoms with Gasteiger partial charge in [-0.25, -0.2) is 8.42 Å². The smallest absolute Gasteiger partial charge is 0.206 e. The minimum Gasteiger partial charge on any atom is -0.206 e. The second-order valence-corrected chi connectivity index (χ2v) is 9.25. The lowest BCUT2D eigenvalue weighted by Crippen LogP contribution is -2.33. The van der Waals surface area contributed by atoms with Gasteiger partial charge in [-0.05, 0) is 36.8 Å². The van der Waals surface area contributed by atoms with E-state index in [0.29, 0.717) is 29.8 Å². The molecule has 118 valence electrons. The summed E-state index contributed by atoms with van der Waals surface area (Å²) in [7, 11) is -3.48. The van der Waals surface area contributed by atoms with E-state index >= 15 is 0 Å². The first kappa shape index (κ1) is 18.1. The second-order valence-electron chi connectivity index (χ2n) is 6.00. The van der Waals surface area contributed by atoms with E-state index in [1.54, 1.807) is 10.4 Å². The van der Waals surface area contributed by atoms with Gasteiger partial charge in [0.15, 0.2) is 0 Å². The van der Waals surface area contributed by atoms with Gasteiger partial charge >= 0.3 is 0 Å². The summed E-state index contributed by atoms with van der Waals surface area (Å²) in [5.74, 6) is 0.916. The molecule has 1 aromatic heterocycles. The number of nitriles is 1. The Labute approximate surface area is 132 Å². The molecule has 0 unspecified atom stereocenters. The van der Waals surface area contributed by atoms with Crippen LogP contribution in [0.25, 0.3) is 0 Å². The van der Waals surface area contributed by atoms with Crippen molar-refractivity contribution in [2.75, 3.05) is 13.1 Å². The van der Waals surface area contributed by atoms with Gasteiger partial charge in [0, 0.05) is 13.1 Å². The fraction of sp³-hybridized carbons (Fsp3) is 0.667. The van der Waals surface area contributed by atoms with Crippen LogP contribution in [-0.4, -0.2) is 25.8 Å². The highest BCUT2D eigenvalue weighted by Crippen LogP contribution is 2.25. The van der Waals surface area contributed by atoms with Gasteiger partial charge in [0.1, 0.15) is 15.2 Å². The summed E-state index contributed by atoms with van der Waals surface area (Å²) in [6, 6.07) is 5.10. The first-order chi connectivity index (χ1) is 9.77. The van der Waals surface area contributed by atoms with Gasteiger partial charge in [0.2, 0.25) is 0 Å². The largest absolute Gasteiger partial charge is 0.252 e. The Balaban J connectivity index is 2.95. The van der Waals surface area contributed by atoms with E-state index < -0.39 is 10.0 Å². The van der Waals surface area contributed by atoms with Gasteiger partial charge in [0.25, 0.3) is 10.0 Å². The Bertz CT molecular complexity index is 571. The molecule has 1 heterocycles. The topological polar surface area (TPSA) is 61.2 Å². The number of sulfonamides is 1. The molecule has 0 fully saturated rings. The molecule has 0 aliphatic rings. The van der Waals surface area contributed by atoms with Crippen LogP contribution in [0, 0.1) is 23.2 Å². The maximum Gasteiger partial charge on any atom is 0.252 e. The van der Waals surface area contributed by atoms with Crippen LogP contribution in [-0.2, 0) is 10.0 Å². The zero-order valence-corrected chi connectivity index (χ0v) is 14.8. The Morgan fingerprint density at radius 2 is 1.67 bits per heavy atom. The first-order valence-electron chi connectivity index (χ1n) is 7.27. The maximum absolute atomic E-state index is 12.7. The van der Waals surface area contributed by atoms with Crippen LogP contribution >= 0.6 is 11.3 Å². The molecule has 21 heavy (non-hydrogen) atoms. The van der Waals surface area contributed by atoms with E-state index in [1.807, 2.05) is 6.07 Å². The van der Waals surface area contributed by atoms with Gasteiger partial charge in [-0.2, -0.15) is 9.57 Å². The van der Waals surface area contributed by atoms with Crippen LogP contribution in [0.2, 0.25) is 0 Å². The number of nitrogens with zero attached hydrogens (tertiary/aromatic N) is 2. The predicted molar refractivity (Wildman–Crippen MR) is 86.7 cm³/mol. The summed E-state index contributed by atoms with van der Waals surface area (Å²) in [5.41, 5.74) is 0. The SMILES string of the molecule is CC(C)CCN(CCC(C)C)S(=O)(=O)c1ccc(C#N)s1. The lowest BCUT2D eigenvalue weighted by molar-refractivity contribution is 0.358. The Morgan fingerprint density at radius 1 is 1.14 bits per heavy atom. The average Bonchev–Trinajstić information content (AvgIpc) is 2.87. The summed E-state index contributed by atoms with van der Waals surface area (Å²) >= 11 is 1.05. The summed E-state index contributed by atoms with van der Waals surface area (Å²) in [6.07, 6.45) is 1.68. The van der Waals surface area contributed by atoms with Crippen LogP contribution in [0.4, 0.5) is 0 Å². The van der Waals surface area contributed by atoms with E-state index in [1.165, 1.54) is 6.07 Å². The highest BCUT2D eigenvalue weighted by molar-refractivity contribution is 7.91. The molecule has 0 spiro atoms. The zero-order chi connectivity index (χ0) is 16.0. The summed E-state index contributed by atoms with van der Waals surface area (Å²) in [5, 5.41) is 8.86. The molecule has 0 aliphatic heterocycles. The average molecular weight is 329 g/mol. The lowest BCUT2D eigenvalue weighted by atomic mass is 10.1. The van der Waals surface area contributed by atoms with Crippen molar-refractivity contribution in [2.24, 2.45) is 11.8 Å². The molecule has 0 radical (unpaired) electrons. The predicted octanol–water partition coefficient (Wildman–Crippen LogP) is 3.70. The molecular weight excluding hydrogens is 304 g/mol. The summed E-state index contributed by atoms with van der Waals surface area (Å²) in [6.45, 7) is 9.43. The number of thiophene rings is 1. The maximum atomic E-state index is 12.7. The van der Waals surface area contributed by atoms with Gasteiger partial charge in [-0.3, -0.25) is 0 Å². The van der Waals surface area contributed by atoms with E-state index in [2.05, 4.69) is 27.7 Å². The fourth-order valence-corrected chi connectivity index (χ4v) is 4.53. The van der Waals surface area contributed by atoms with Gasteiger partial charge in [-0.15, -0.1) is 11.3 Å². The third-order valence-corrected chi connectivity index (χ3v) is 6.55. The molecule has 0 saturated heterocycles. The second kappa shape index (κ2) is 7.92. The molecule has 6 heteroatoms. The molecule has 1 aromatic rings. The van der Waals surface area contributed by atoms with Crippen LogP contribution in [0.3, 0.4) is 0 Å². The molecule has 0 saturated carbocycles. The lowest BCUT2D eigenvalue weighted by Gasteiger charge is -2.23. The number of hydrogen-bond acceptors (Lipinski definition) is 4. The molecule has 1 rings (SSSR count). The summed E-state index contributed by atoms with van der Waals surface area (Å²) < 4.78 is 27.3. The molecule has 0 bridgehead atoms. The highest BCUT2D eigenvalue weighted by atomic mass is 32.2. The van der Waals surface area contributed by atoms with E-state index in [4.69, 9.17) is 5.26 Å². The fourth-order valence-electron chi connectivity index (χ4n) is 1.80. The van der Waals surface area contributed by atoms with Crippen LogP contribution < -0.4 is 0 Å². The van der Waals surface area contributed by atoms with Crippen molar-refractivity contribution < 1.29 is 8.42 Å². The van der Waals surface area contributed by atoms with Gasteiger partial charge in [-0.1, -0.05) is 27.7 Å². The molecule has 0 N–H and O–H groups in total. The van der Waals surface area contributed by atoms with Crippen molar-refractivity contribution in [2.45, 2.75) is 44.7 Å². The highest BCUT2D eigenvalue weighted by Gasteiger charge is 2.26. The zero-order valence-electron chi connectivity index (χ0n) is 13.2. The normalized spacial score (nSPS) is 12.3. The molecule has 4 nitrogen and oxygen atoms in total. The monoisotopic (exact) mass is 328 g/mol. The van der Waals surface area contributed by atoms with Crippen LogP contribution in [0.5, 0.6) is 0 Å². The van der Waals surface area contributed by atoms with Gasteiger partial charge in [0.05, 0.1) is 0 Å². The minimum absolute atomic E-state index is 0.270. The first-order valence-corrected chi connectivity index (χ1v) is 9.53. The van der Waals surface area contributed by atoms with Crippen molar-refractivity contribution in [1.82, 2.24) is 4.31 Å². The summed E-state index contributed by atoms with van der Waals surface area (Å²) in [4.78, 5) is 0.432. The molecular formula is C15H24N2O2S2. The van der Waals surface area contributed by atoms with Crippen molar-refractivity contribution >= 4 is 21.4 Å². The molecule has 0 aliphatic carbocycles. The molecule has 0 amide bonds. The third kappa shape index (κ3) is 5.42. The van der Waals surface area contributed by atoms with E-state index in [9.17, 15) is 8.42 Å². The standard InChI is InChI=1S/C15H24N2O2S2/c1-12(2)7-9-17(10-8-13(3)4)21(18,19)15-6-5-14(11-16)20-15/h5-6,12-13H,7-10H2,1-4H3. The van der Waals surface area contributed by atoms with Gasteiger partial charge < -0.3 is 0 Å². The number of hydrogen-bond donors (Lipinski definition) is 0. The Morgan fingerprint density at radius 3 is 2.05 bits per heavy atom. The Hall–Kier alpha value is -0.900. The number of rotatable bonds is 8. The molecule has 0 aromatic carbocycles. The van der Waals surface area contributed by atoms with Crippen molar-refractivity contribution in [3.63, 3.8) is 0 Å². The van der Waals surface area contributed by atoms with Crippen molar-refractivity contribution in [1.29, 1.82) is 5.26 Å². The van der Waals surface area contributed by atoms with Crippen LogP contribution in [0.15, 0.2) is 16.3 Å². The van der Waals surface area contributed by atoms with Crippen LogP contribution in [0.1, 0.15) is 45.4 Å². The van der Waals surface area contributed by atoms with Crippen molar-refractivity contribution in [3.05, 3.63) is 17.0 Å². The quantitative estimate of drug-likeness (QED) is 0.731. The Kier molecular flexibility index (Phi) is 6.85. The van der Waals surface area contributed by atoms with E-state index in [-0.39, 0.29) is 4.21 Å².